The molecule has 2 N–H and O–H groups in total. The number of sulfone groups is 1. The first kappa shape index (κ1) is 15.5. The molecule has 1 unspecified atom stereocenters. The fourth-order valence-electron chi connectivity index (χ4n) is 2.50. The van der Waals surface area contributed by atoms with E-state index in [0.717, 1.165) is 16.7 Å². The molecule has 122 valence electrons. The fourth-order valence-corrected chi connectivity index (χ4v) is 4.17. The number of pyridine rings is 1. The van der Waals surface area contributed by atoms with Crippen molar-refractivity contribution in [2.75, 3.05) is 11.5 Å². The van der Waals surface area contributed by atoms with Crippen molar-refractivity contribution in [2.24, 2.45) is 0 Å². The van der Waals surface area contributed by atoms with E-state index in [4.69, 9.17) is 4.42 Å². The largest absolute Gasteiger partial charge is 0.472 e. The highest BCUT2D eigenvalue weighted by atomic mass is 32.2. The summed E-state index contributed by atoms with van der Waals surface area (Å²) in [6.45, 7) is 0.310. The van der Waals surface area contributed by atoms with Gasteiger partial charge in [-0.15, -0.1) is 0 Å². The molecule has 0 spiro atoms. The molecule has 3 rings (SSSR count). The molecule has 0 bridgehead atoms. The van der Waals surface area contributed by atoms with Gasteiger partial charge in [0.05, 0.1) is 24.0 Å². The Labute approximate surface area is 134 Å². The number of aromatic nitrogens is 1. The SMILES string of the molecule is O=C(NCc1cncc(-c2ccoc2)c1)NC1CCS(=O)(=O)C1. The molecular formula is C15H17N3O4S. The molecule has 0 aromatic carbocycles. The second kappa shape index (κ2) is 6.41. The van der Waals surface area contributed by atoms with E-state index in [1.54, 1.807) is 24.9 Å². The quantitative estimate of drug-likeness (QED) is 0.878. The van der Waals surface area contributed by atoms with Gasteiger partial charge in [0.15, 0.2) is 9.84 Å². The lowest BCUT2D eigenvalue weighted by atomic mass is 10.1. The van der Waals surface area contributed by atoms with Crippen LogP contribution in [0, 0.1) is 0 Å². The minimum absolute atomic E-state index is 0.0119. The molecule has 2 aromatic heterocycles. The third-order valence-electron chi connectivity index (χ3n) is 3.67. The first-order valence-electron chi connectivity index (χ1n) is 7.23. The van der Waals surface area contributed by atoms with Crippen LogP contribution in [0.3, 0.4) is 0 Å². The van der Waals surface area contributed by atoms with Crippen molar-refractivity contribution in [3.8, 4) is 11.1 Å². The van der Waals surface area contributed by atoms with E-state index in [1.807, 2.05) is 12.1 Å². The third-order valence-corrected chi connectivity index (χ3v) is 5.44. The van der Waals surface area contributed by atoms with E-state index in [1.165, 1.54) is 0 Å². The molecule has 7 nitrogen and oxygen atoms in total. The average molecular weight is 335 g/mol. The van der Waals surface area contributed by atoms with Crippen LogP contribution >= 0.6 is 0 Å². The number of carbonyl (C=O) groups excluding carboxylic acids is 1. The number of hydrogen-bond acceptors (Lipinski definition) is 5. The van der Waals surface area contributed by atoms with Crippen molar-refractivity contribution < 1.29 is 17.6 Å². The Kier molecular flexibility index (Phi) is 4.33. The smallest absolute Gasteiger partial charge is 0.315 e. The average Bonchev–Trinajstić information content (AvgIpc) is 3.15. The summed E-state index contributed by atoms with van der Waals surface area (Å²) in [5.41, 5.74) is 2.67. The van der Waals surface area contributed by atoms with Gasteiger partial charge in [0.2, 0.25) is 0 Å². The van der Waals surface area contributed by atoms with Gasteiger partial charge in [-0.2, -0.15) is 0 Å². The summed E-state index contributed by atoms with van der Waals surface area (Å²) in [6, 6.07) is 3.07. The topological polar surface area (TPSA) is 101 Å². The predicted octanol–water partition coefficient (Wildman–Crippen LogP) is 1.33. The maximum absolute atomic E-state index is 11.8. The van der Waals surface area contributed by atoms with Crippen molar-refractivity contribution >= 4 is 15.9 Å². The monoisotopic (exact) mass is 335 g/mol. The van der Waals surface area contributed by atoms with Crippen LogP contribution < -0.4 is 10.6 Å². The van der Waals surface area contributed by atoms with E-state index in [2.05, 4.69) is 15.6 Å². The summed E-state index contributed by atoms with van der Waals surface area (Å²) in [4.78, 5) is 16.0. The van der Waals surface area contributed by atoms with Crippen molar-refractivity contribution in [3.63, 3.8) is 0 Å². The van der Waals surface area contributed by atoms with Crippen LogP contribution in [0.5, 0.6) is 0 Å². The number of urea groups is 1. The summed E-state index contributed by atoms with van der Waals surface area (Å²) in [7, 11) is -3.00. The standard InChI is InChI=1S/C15H17N3O4S/c19-15(18-14-2-4-23(20,21)10-14)17-7-11-5-13(8-16-6-11)12-1-3-22-9-12/h1,3,5-6,8-9,14H,2,4,7,10H2,(H2,17,18,19). The summed E-state index contributed by atoms with van der Waals surface area (Å²) in [5, 5.41) is 5.40. The van der Waals surface area contributed by atoms with Gasteiger partial charge >= 0.3 is 6.03 Å². The van der Waals surface area contributed by atoms with Gasteiger partial charge < -0.3 is 15.1 Å². The summed E-state index contributed by atoms with van der Waals surface area (Å²) in [5.74, 6) is 0.145. The van der Waals surface area contributed by atoms with Gasteiger partial charge in [0, 0.05) is 36.1 Å². The molecule has 0 saturated carbocycles. The molecule has 0 aliphatic carbocycles. The summed E-state index contributed by atoms with van der Waals surface area (Å²) >= 11 is 0. The molecule has 23 heavy (non-hydrogen) atoms. The Morgan fingerprint density at radius 2 is 2.22 bits per heavy atom. The van der Waals surface area contributed by atoms with Gasteiger partial charge in [-0.1, -0.05) is 0 Å². The highest BCUT2D eigenvalue weighted by Gasteiger charge is 2.28. The lowest BCUT2D eigenvalue weighted by molar-refractivity contribution is 0.237. The van der Waals surface area contributed by atoms with Crippen LogP contribution in [0.2, 0.25) is 0 Å². The molecule has 1 fully saturated rings. The Bertz CT molecular complexity index is 787. The number of furan rings is 1. The molecule has 1 aliphatic rings. The van der Waals surface area contributed by atoms with E-state index in [0.29, 0.717) is 13.0 Å². The molecular weight excluding hydrogens is 318 g/mol. The fraction of sp³-hybridized carbons (Fsp3) is 0.333. The van der Waals surface area contributed by atoms with Crippen LogP contribution in [-0.4, -0.2) is 37.0 Å². The van der Waals surface area contributed by atoms with Gasteiger partial charge in [0.1, 0.15) is 0 Å². The lowest BCUT2D eigenvalue weighted by Gasteiger charge is -2.12. The third kappa shape index (κ3) is 4.10. The van der Waals surface area contributed by atoms with E-state index >= 15 is 0 Å². The molecule has 3 heterocycles. The van der Waals surface area contributed by atoms with Crippen molar-refractivity contribution in [3.05, 3.63) is 42.6 Å². The molecule has 8 heteroatoms. The molecule has 2 aromatic rings. The number of nitrogens with one attached hydrogen (secondary N) is 2. The number of hydrogen-bond donors (Lipinski definition) is 2. The predicted molar refractivity (Wildman–Crippen MR) is 84.4 cm³/mol. The zero-order chi connectivity index (χ0) is 16.3. The number of amides is 2. The van der Waals surface area contributed by atoms with Crippen LogP contribution in [0.4, 0.5) is 4.79 Å². The second-order valence-electron chi connectivity index (χ2n) is 5.52. The normalized spacial score (nSPS) is 19.4. The first-order valence-corrected chi connectivity index (χ1v) is 9.05. The Morgan fingerprint density at radius 3 is 2.91 bits per heavy atom. The number of rotatable bonds is 4. The number of carbonyl (C=O) groups is 1. The van der Waals surface area contributed by atoms with Crippen molar-refractivity contribution in [2.45, 2.75) is 19.0 Å². The molecule has 1 saturated heterocycles. The highest BCUT2D eigenvalue weighted by Crippen LogP contribution is 2.19. The van der Waals surface area contributed by atoms with E-state index in [9.17, 15) is 13.2 Å². The van der Waals surface area contributed by atoms with Gasteiger partial charge in [-0.3, -0.25) is 4.98 Å². The highest BCUT2D eigenvalue weighted by molar-refractivity contribution is 7.91. The van der Waals surface area contributed by atoms with Gasteiger partial charge in [-0.05, 0) is 24.1 Å². The van der Waals surface area contributed by atoms with Crippen LogP contribution in [0.15, 0.2) is 41.5 Å². The Hall–Kier alpha value is -2.35. The minimum Gasteiger partial charge on any atom is -0.472 e. The van der Waals surface area contributed by atoms with E-state index < -0.39 is 9.84 Å². The van der Waals surface area contributed by atoms with Crippen molar-refractivity contribution in [1.29, 1.82) is 0 Å². The van der Waals surface area contributed by atoms with Gasteiger partial charge in [-0.25, -0.2) is 13.2 Å². The lowest BCUT2D eigenvalue weighted by Crippen LogP contribution is -2.42. The Morgan fingerprint density at radius 1 is 1.35 bits per heavy atom. The maximum Gasteiger partial charge on any atom is 0.315 e. The van der Waals surface area contributed by atoms with Gasteiger partial charge in [0.25, 0.3) is 0 Å². The molecule has 2 amide bonds. The van der Waals surface area contributed by atoms with Crippen LogP contribution in [0.1, 0.15) is 12.0 Å². The zero-order valence-corrected chi connectivity index (χ0v) is 13.2. The molecule has 1 atom stereocenters. The van der Waals surface area contributed by atoms with E-state index in [-0.39, 0.29) is 23.6 Å². The second-order valence-corrected chi connectivity index (χ2v) is 7.75. The van der Waals surface area contributed by atoms with Crippen molar-refractivity contribution in [1.82, 2.24) is 15.6 Å². The molecule has 1 aliphatic heterocycles. The van der Waals surface area contributed by atoms with Crippen LogP contribution in [-0.2, 0) is 16.4 Å². The maximum atomic E-state index is 11.8. The number of nitrogens with zero attached hydrogens (tertiary/aromatic N) is 1. The summed E-state index contributed by atoms with van der Waals surface area (Å²) in [6.07, 6.45) is 7.07. The zero-order valence-electron chi connectivity index (χ0n) is 12.4. The molecule has 0 radical (unpaired) electrons. The Balaban J connectivity index is 1.54. The first-order chi connectivity index (χ1) is 11.0. The minimum atomic E-state index is -3.00. The summed E-state index contributed by atoms with van der Waals surface area (Å²) < 4.78 is 27.8. The van der Waals surface area contributed by atoms with Crippen LogP contribution in [0.25, 0.3) is 11.1 Å².